The van der Waals surface area contributed by atoms with Crippen LogP contribution in [0.2, 0.25) is 0 Å². The van der Waals surface area contributed by atoms with Crippen molar-refractivity contribution in [1.82, 2.24) is 15.0 Å². The number of nitrogens with one attached hydrogen (secondary N) is 1. The second kappa shape index (κ2) is 3.91. The molecule has 1 saturated heterocycles. The summed E-state index contributed by atoms with van der Waals surface area (Å²) in [7, 11) is 0. The van der Waals surface area contributed by atoms with Crippen molar-refractivity contribution in [2.24, 2.45) is 0 Å². The van der Waals surface area contributed by atoms with Crippen molar-refractivity contribution in [3.63, 3.8) is 0 Å². The van der Waals surface area contributed by atoms with Crippen molar-refractivity contribution in [2.75, 3.05) is 18.0 Å². The number of alkyl halides is 1. The van der Waals surface area contributed by atoms with Crippen LogP contribution in [0.4, 0.5) is 10.2 Å². The van der Waals surface area contributed by atoms with Gasteiger partial charge < -0.3 is 9.88 Å². The van der Waals surface area contributed by atoms with Crippen LogP contribution in [-0.2, 0) is 0 Å². The molecule has 4 rings (SSSR count). The molecule has 5 heteroatoms. The number of hydrogen-bond donors (Lipinski definition) is 1. The van der Waals surface area contributed by atoms with Gasteiger partial charge in [-0.05, 0) is 24.6 Å². The van der Waals surface area contributed by atoms with Crippen LogP contribution in [0.1, 0.15) is 6.42 Å². The van der Waals surface area contributed by atoms with Crippen molar-refractivity contribution < 1.29 is 4.39 Å². The topological polar surface area (TPSA) is 44.8 Å². The highest BCUT2D eigenvalue weighted by molar-refractivity contribution is 6.05. The zero-order chi connectivity index (χ0) is 12.8. The Bertz CT molecular complexity index is 751. The molecular formula is C14H13FN4. The summed E-state index contributed by atoms with van der Waals surface area (Å²) >= 11 is 0. The van der Waals surface area contributed by atoms with Gasteiger partial charge >= 0.3 is 0 Å². The summed E-state index contributed by atoms with van der Waals surface area (Å²) in [4.78, 5) is 14.0. The van der Waals surface area contributed by atoms with Crippen LogP contribution in [0.5, 0.6) is 0 Å². The molecule has 4 nitrogen and oxygen atoms in total. The Hall–Kier alpha value is -2.17. The Morgan fingerprint density at radius 3 is 3.05 bits per heavy atom. The first kappa shape index (κ1) is 10.7. The Labute approximate surface area is 109 Å². The average Bonchev–Trinajstić information content (AvgIpc) is 3.01. The number of pyridine rings is 2. The van der Waals surface area contributed by atoms with E-state index in [4.69, 9.17) is 0 Å². The monoisotopic (exact) mass is 256 g/mol. The van der Waals surface area contributed by atoms with E-state index in [0.29, 0.717) is 13.0 Å². The predicted octanol–water partition coefficient (Wildman–Crippen LogP) is 2.66. The molecule has 1 N–H and O–H groups in total. The van der Waals surface area contributed by atoms with E-state index in [9.17, 15) is 4.39 Å². The van der Waals surface area contributed by atoms with Gasteiger partial charge in [0.15, 0.2) is 0 Å². The van der Waals surface area contributed by atoms with E-state index >= 15 is 0 Å². The van der Waals surface area contributed by atoms with Gasteiger partial charge in [-0.2, -0.15) is 0 Å². The summed E-state index contributed by atoms with van der Waals surface area (Å²) in [6.45, 7) is 1.18. The molecule has 0 aliphatic carbocycles. The predicted molar refractivity (Wildman–Crippen MR) is 73.1 cm³/mol. The third kappa shape index (κ3) is 1.65. The first-order chi connectivity index (χ1) is 9.31. The Balaban J connectivity index is 1.85. The second-order valence-electron chi connectivity index (χ2n) is 4.94. The van der Waals surface area contributed by atoms with Crippen molar-refractivity contribution >= 4 is 27.8 Å². The first-order valence-electron chi connectivity index (χ1n) is 6.43. The van der Waals surface area contributed by atoms with Gasteiger partial charge in [-0.3, -0.25) is 4.98 Å². The normalized spacial score (nSPS) is 19.6. The van der Waals surface area contributed by atoms with Gasteiger partial charge in [0.2, 0.25) is 0 Å². The molecule has 0 spiro atoms. The molecule has 0 bridgehead atoms. The molecule has 3 aromatic rings. The Morgan fingerprint density at radius 2 is 2.21 bits per heavy atom. The summed E-state index contributed by atoms with van der Waals surface area (Å²) in [6.07, 6.45) is 3.45. The number of H-pyrrole nitrogens is 1. The number of hydrogen-bond acceptors (Lipinski definition) is 3. The van der Waals surface area contributed by atoms with Crippen molar-refractivity contribution in [2.45, 2.75) is 12.6 Å². The van der Waals surface area contributed by atoms with E-state index < -0.39 is 6.17 Å². The minimum atomic E-state index is -0.732. The van der Waals surface area contributed by atoms with Crippen LogP contribution in [0.3, 0.4) is 0 Å². The highest BCUT2D eigenvalue weighted by atomic mass is 19.1. The molecule has 0 unspecified atom stereocenters. The summed E-state index contributed by atoms with van der Waals surface area (Å²) < 4.78 is 13.3. The minimum Gasteiger partial charge on any atom is -0.354 e. The largest absolute Gasteiger partial charge is 0.354 e. The molecule has 1 fully saturated rings. The van der Waals surface area contributed by atoms with Gasteiger partial charge in [-0.25, -0.2) is 9.37 Å². The van der Waals surface area contributed by atoms with Crippen LogP contribution >= 0.6 is 0 Å². The third-order valence-electron chi connectivity index (χ3n) is 3.70. The van der Waals surface area contributed by atoms with Crippen molar-refractivity contribution in [3.05, 3.63) is 30.6 Å². The summed E-state index contributed by atoms with van der Waals surface area (Å²) in [6, 6.07) is 5.93. The molecule has 0 amide bonds. The van der Waals surface area contributed by atoms with Gasteiger partial charge in [0, 0.05) is 29.7 Å². The van der Waals surface area contributed by atoms with E-state index in [1.165, 1.54) is 0 Å². The third-order valence-corrected chi connectivity index (χ3v) is 3.70. The summed E-state index contributed by atoms with van der Waals surface area (Å²) in [5.74, 6) is 0.840. The van der Waals surface area contributed by atoms with Gasteiger partial charge in [0.1, 0.15) is 17.6 Å². The molecule has 96 valence electrons. The van der Waals surface area contributed by atoms with Crippen LogP contribution in [0, 0.1) is 0 Å². The fourth-order valence-electron chi connectivity index (χ4n) is 2.71. The van der Waals surface area contributed by atoms with E-state index in [0.717, 1.165) is 34.3 Å². The van der Waals surface area contributed by atoms with E-state index in [-0.39, 0.29) is 0 Å². The Kier molecular flexibility index (Phi) is 2.21. The number of halogens is 1. The molecule has 0 aromatic carbocycles. The lowest BCUT2D eigenvalue weighted by atomic mass is 10.2. The number of nitrogens with zero attached hydrogens (tertiary/aromatic N) is 3. The highest BCUT2D eigenvalue weighted by Crippen LogP contribution is 2.27. The maximum absolute atomic E-state index is 13.3. The number of fused-ring (bicyclic) bond motifs is 3. The van der Waals surface area contributed by atoms with E-state index in [1.807, 2.05) is 29.3 Å². The standard InChI is InChI=1S/C14H13FN4/c15-9-4-6-19(8-9)13-2-1-10-11-7-16-5-3-12(11)17-14(10)18-13/h1-3,5,7,9H,4,6,8H2,(H,17,18)/t9-/m1/s1. The maximum Gasteiger partial charge on any atom is 0.140 e. The highest BCUT2D eigenvalue weighted by Gasteiger charge is 2.23. The lowest BCUT2D eigenvalue weighted by Gasteiger charge is -2.15. The molecular weight excluding hydrogens is 243 g/mol. The van der Waals surface area contributed by atoms with Gasteiger partial charge in [0.25, 0.3) is 0 Å². The number of aromatic nitrogens is 3. The molecule has 0 saturated carbocycles. The molecule has 0 radical (unpaired) electrons. The number of aromatic amines is 1. The summed E-state index contributed by atoms with van der Waals surface area (Å²) in [5, 5.41) is 2.13. The van der Waals surface area contributed by atoms with E-state index in [1.54, 1.807) is 6.20 Å². The minimum absolute atomic E-state index is 0.445. The van der Waals surface area contributed by atoms with Crippen molar-refractivity contribution in [3.8, 4) is 0 Å². The lowest BCUT2D eigenvalue weighted by Crippen LogP contribution is -2.20. The SMILES string of the molecule is F[C@@H]1CCN(c2ccc3c(n2)[nH]c2ccncc23)C1. The van der Waals surface area contributed by atoms with Crippen LogP contribution in [-0.4, -0.2) is 34.2 Å². The van der Waals surface area contributed by atoms with Crippen LogP contribution in [0.15, 0.2) is 30.6 Å². The number of rotatable bonds is 1. The van der Waals surface area contributed by atoms with Gasteiger partial charge in [-0.1, -0.05) is 0 Å². The maximum atomic E-state index is 13.3. The zero-order valence-electron chi connectivity index (χ0n) is 10.3. The van der Waals surface area contributed by atoms with Crippen LogP contribution in [0.25, 0.3) is 21.9 Å². The van der Waals surface area contributed by atoms with Gasteiger partial charge in [-0.15, -0.1) is 0 Å². The zero-order valence-corrected chi connectivity index (χ0v) is 10.3. The smallest absolute Gasteiger partial charge is 0.140 e. The molecule has 3 aromatic heterocycles. The first-order valence-corrected chi connectivity index (χ1v) is 6.43. The fraction of sp³-hybridized carbons (Fsp3) is 0.286. The fourth-order valence-corrected chi connectivity index (χ4v) is 2.71. The van der Waals surface area contributed by atoms with Crippen LogP contribution < -0.4 is 4.90 Å². The van der Waals surface area contributed by atoms with E-state index in [2.05, 4.69) is 15.0 Å². The number of anilines is 1. The quantitative estimate of drug-likeness (QED) is 0.728. The molecule has 1 aliphatic heterocycles. The molecule has 1 aliphatic rings. The lowest BCUT2D eigenvalue weighted by molar-refractivity contribution is 0.364. The Morgan fingerprint density at radius 1 is 1.26 bits per heavy atom. The van der Waals surface area contributed by atoms with Gasteiger partial charge in [0.05, 0.1) is 12.1 Å². The molecule has 4 heterocycles. The second-order valence-corrected chi connectivity index (χ2v) is 4.94. The molecule has 19 heavy (non-hydrogen) atoms. The van der Waals surface area contributed by atoms with Crippen molar-refractivity contribution in [1.29, 1.82) is 0 Å². The molecule has 1 atom stereocenters. The average molecular weight is 256 g/mol. The summed E-state index contributed by atoms with van der Waals surface area (Å²) in [5.41, 5.74) is 1.86.